The van der Waals surface area contributed by atoms with E-state index in [1.54, 1.807) is 11.3 Å². The molecule has 0 saturated carbocycles. The van der Waals surface area contributed by atoms with E-state index >= 15 is 0 Å². The minimum absolute atomic E-state index is 0.0272. The number of likely N-dealkylation sites (tertiary alicyclic amines) is 1. The third-order valence-electron chi connectivity index (χ3n) is 5.06. The van der Waals surface area contributed by atoms with Gasteiger partial charge in [0.2, 0.25) is 5.91 Å². The van der Waals surface area contributed by atoms with E-state index in [4.69, 9.17) is 24.5 Å². The molecule has 1 amide bonds. The Labute approximate surface area is 179 Å². The number of anilines is 1. The standard InChI is InChI=1S/C18H26N2O3S.C2H2O4/c1-23-18(22)16-13-8-4-5-9-14(13)24-17(16)19-15(21)12-20-10-6-2-3-7-11-20;3-1(4)2(5)6/h2-12H2,1H3,(H,19,21);(H,3,4)(H,5,6). The maximum Gasteiger partial charge on any atom is 0.414 e. The van der Waals surface area contributed by atoms with Gasteiger partial charge in [-0.2, -0.15) is 0 Å². The van der Waals surface area contributed by atoms with Gasteiger partial charge in [0.15, 0.2) is 0 Å². The van der Waals surface area contributed by atoms with E-state index < -0.39 is 11.9 Å². The van der Waals surface area contributed by atoms with E-state index in [-0.39, 0.29) is 11.9 Å². The van der Waals surface area contributed by atoms with Gasteiger partial charge < -0.3 is 20.3 Å². The molecule has 0 radical (unpaired) electrons. The summed E-state index contributed by atoms with van der Waals surface area (Å²) in [5.74, 6) is -4.01. The van der Waals surface area contributed by atoms with Gasteiger partial charge in [0.1, 0.15) is 5.00 Å². The van der Waals surface area contributed by atoms with Crippen molar-refractivity contribution in [2.75, 3.05) is 32.1 Å². The van der Waals surface area contributed by atoms with Gasteiger partial charge in [0.05, 0.1) is 19.2 Å². The summed E-state index contributed by atoms with van der Waals surface area (Å²) in [4.78, 5) is 46.3. The molecular formula is C20H28N2O7S. The highest BCUT2D eigenvalue weighted by Gasteiger charge is 2.27. The fourth-order valence-corrected chi connectivity index (χ4v) is 4.93. The normalized spacial score (nSPS) is 16.3. The molecule has 0 aromatic carbocycles. The Bertz CT molecular complexity index is 770. The second kappa shape index (κ2) is 11.7. The first-order chi connectivity index (χ1) is 14.3. The van der Waals surface area contributed by atoms with Crippen LogP contribution >= 0.6 is 11.3 Å². The van der Waals surface area contributed by atoms with Crippen molar-refractivity contribution >= 4 is 40.2 Å². The third-order valence-corrected chi connectivity index (χ3v) is 6.27. The minimum atomic E-state index is -1.82. The molecule has 0 atom stereocenters. The summed E-state index contributed by atoms with van der Waals surface area (Å²) < 4.78 is 4.96. The highest BCUT2D eigenvalue weighted by molar-refractivity contribution is 7.17. The number of hydrogen-bond acceptors (Lipinski definition) is 7. The van der Waals surface area contributed by atoms with Crippen molar-refractivity contribution in [3.63, 3.8) is 0 Å². The highest BCUT2D eigenvalue weighted by Crippen LogP contribution is 2.38. The van der Waals surface area contributed by atoms with Crippen molar-refractivity contribution in [1.29, 1.82) is 0 Å². The van der Waals surface area contributed by atoms with Crippen LogP contribution in [0.1, 0.15) is 59.3 Å². The van der Waals surface area contributed by atoms with Gasteiger partial charge in [-0.3, -0.25) is 9.69 Å². The number of hydrogen-bond donors (Lipinski definition) is 3. The molecule has 2 heterocycles. The number of methoxy groups -OCH3 is 1. The predicted molar refractivity (Wildman–Crippen MR) is 111 cm³/mol. The molecule has 3 N–H and O–H groups in total. The zero-order chi connectivity index (χ0) is 22.1. The Morgan fingerprint density at radius 1 is 0.967 bits per heavy atom. The zero-order valence-corrected chi connectivity index (χ0v) is 17.9. The van der Waals surface area contributed by atoms with Gasteiger partial charge in [0.25, 0.3) is 0 Å². The largest absolute Gasteiger partial charge is 0.473 e. The lowest BCUT2D eigenvalue weighted by Gasteiger charge is -2.18. The van der Waals surface area contributed by atoms with E-state index in [0.717, 1.165) is 57.2 Å². The molecule has 1 aromatic heterocycles. The molecular weight excluding hydrogens is 412 g/mol. The molecule has 1 saturated heterocycles. The Morgan fingerprint density at radius 3 is 2.13 bits per heavy atom. The maximum atomic E-state index is 12.5. The summed E-state index contributed by atoms with van der Waals surface area (Å²) in [5.41, 5.74) is 1.67. The number of esters is 1. The number of aryl methyl sites for hydroxylation is 1. The van der Waals surface area contributed by atoms with Gasteiger partial charge in [-0.15, -0.1) is 11.3 Å². The number of fused-ring (bicyclic) bond motifs is 1. The predicted octanol–water partition coefficient (Wildman–Crippen LogP) is 2.38. The summed E-state index contributed by atoms with van der Waals surface area (Å²) in [6.45, 7) is 2.37. The molecule has 1 aliphatic carbocycles. The van der Waals surface area contributed by atoms with E-state index in [1.807, 2.05) is 0 Å². The molecule has 0 spiro atoms. The lowest BCUT2D eigenvalue weighted by molar-refractivity contribution is -0.159. The lowest BCUT2D eigenvalue weighted by Crippen LogP contribution is -2.34. The SMILES string of the molecule is COC(=O)c1c(NC(=O)CN2CCCCCC2)sc2c1CCCC2.O=C(O)C(=O)O. The second-order valence-electron chi connectivity index (χ2n) is 7.26. The third kappa shape index (κ3) is 6.81. The van der Waals surface area contributed by atoms with Gasteiger partial charge in [-0.1, -0.05) is 12.8 Å². The van der Waals surface area contributed by atoms with E-state index in [2.05, 4.69) is 10.2 Å². The molecule has 2 aliphatic rings. The number of rotatable bonds is 4. The van der Waals surface area contributed by atoms with Crippen molar-refractivity contribution in [2.24, 2.45) is 0 Å². The van der Waals surface area contributed by atoms with E-state index in [0.29, 0.717) is 17.1 Å². The number of thiophene rings is 1. The van der Waals surface area contributed by atoms with Crippen molar-refractivity contribution in [2.45, 2.75) is 51.4 Å². The summed E-state index contributed by atoms with van der Waals surface area (Å²) in [6, 6.07) is 0. The average molecular weight is 441 g/mol. The van der Waals surface area contributed by atoms with Crippen molar-refractivity contribution in [3.8, 4) is 0 Å². The van der Waals surface area contributed by atoms with Gasteiger partial charge in [-0.25, -0.2) is 14.4 Å². The van der Waals surface area contributed by atoms with Gasteiger partial charge in [-0.05, 0) is 57.2 Å². The first-order valence-electron chi connectivity index (χ1n) is 10.0. The lowest BCUT2D eigenvalue weighted by atomic mass is 9.95. The van der Waals surface area contributed by atoms with Gasteiger partial charge >= 0.3 is 17.9 Å². The fourth-order valence-electron chi connectivity index (χ4n) is 3.64. The molecule has 9 nitrogen and oxygen atoms in total. The topological polar surface area (TPSA) is 133 Å². The summed E-state index contributed by atoms with van der Waals surface area (Å²) >= 11 is 1.55. The molecule has 1 aliphatic heterocycles. The quantitative estimate of drug-likeness (QED) is 0.480. The molecule has 30 heavy (non-hydrogen) atoms. The minimum Gasteiger partial charge on any atom is -0.473 e. The smallest absolute Gasteiger partial charge is 0.414 e. The number of amides is 1. The van der Waals surface area contributed by atoms with Crippen LogP contribution < -0.4 is 5.32 Å². The van der Waals surface area contributed by atoms with Crippen LogP contribution in [0.4, 0.5) is 5.00 Å². The summed E-state index contributed by atoms with van der Waals surface area (Å²) in [6.07, 6.45) is 8.96. The van der Waals surface area contributed by atoms with Crippen molar-refractivity contribution < 1.29 is 34.1 Å². The first-order valence-corrected chi connectivity index (χ1v) is 10.9. The number of nitrogens with one attached hydrogen (secondary N) is 1. The number of carboxylic acid groups (broad SMARTS) is 2. The zero-order valence-electron chi connectivity index (χ0n) is 17.1. The molecule has 10 heteroatoms. The van der Waals surface area contributed by atoms with E-state index in [9.17, 15) is 9.59 Å². The van der Waals surface area contributed by atoms with E-state index in [1.165, 1.54) is 24.8 Å². The Kier molecular flexibility index (Phi) is 9.25. The Balaban J connectivity index is 0.000000469. The molecule has 0 unspecified atom stereocenters. The number of ether oxygens (including phenoxy) is 1. The van der Waals surface area contributed by atoms with Gasteiger partial charge in [0, 0.05) is 4.88 Å². The Hall–Kier alpha value is -2.46. The number of carbonyl (C=O) groups excluding carboxylic acids is 2. The number of carboxylic acids is 2. The fraction of sp³-hybridized carbons (Fsp3) is 0.600. The number of carbonyl (C=O) groups is 4. The van der Waals surface area contributed by atoms with Crippen LogP contribution in [0.5, 0.6) is 0 Å². The maximum absolute atomic E-state index is 12.5. The van der Waals surface area contributed by atoms with Crippen molar-refractivity contribution in [1.82, 2.24) is 4.90 Å². The first kappa shape index (κ1) is 23.8. The van der Waals surface area contributed by atoms with Crippen LogP contribution in [0.3, 0.4) is 0 Å². The number of nitrogens with zero attached hydrogens (tertiary/aromatic N) is 1. The molecule has 1 aromatic rings. The molecule has 166 valence electrons. The van der Waals surface area contributed by atoms with Crippen LogP contribution in [0.15, 0.2) is 0 Å². The van der Waals surface area contributed by atoms with Crippen LogP contribution in [0.2, 0.25) is 0 Å². The molecule has 3 rings (SSSR count). The number of aliphatic carboxylic acids is 2. The highest BCUT2D eigenvalue weighted by atomic mass is 32.1. The summed E-state index contributed by atoms with van der Waals surface area (Å²) in [7, 11) is 1.40. The second-order valence-corrected chi connectivity index (χ2v) is 8.36. The monoisotopic (exact) mass is 440 g/mol. The Morgan fingerprint density at radius 2 is 1.57 bits per heavy atom. The average Bonchev–Trinajstić information content (AvgIpc) is 2.87. The van der Waals surface area contributed by atoms with Crippen LogP contribution in [-0.4, -0.2) is 65.7 Å². The van der Waals surface area contributed by atoms with Crippen molar-refractivity contribution in [3.05, 3.63) is 16.0 Å². The van der Waals surface area contributed by atoms with Crippen LogP contribution in [-0.2, 0) is 32.0 Å². The molecule has 1 fully saturated rings. The van der Waals surface area contributed by atoms with Crippen LogP contribution in [0, 0.1) is 0 Å². The molecule has 0 bridgehead atoms. The summed E-state index contributed by atoms with van der Waals surface area (Å²) in [5, 5.41) is 18.4. The van der Waals surface area contributed by atoms with Crippen LogP contribution in [0.25, 0.3) is 0 Å².